The Morgan fingerprint density at radius 1 is 1.17 bits per heavy atom. The van der Waals surface area contributed by atoms with Gasteiger partial charge < -0.3 is 9.80 Å². The Hall–Kier alpha value is -1.10. The second-order valence-electron chi connectivity index (χ2n) is 5.66. The number of hydrogen-bond acceptors (Lipinski definition) is 3. The zero-order valence-electron chi connectivity index (χ0n) is 11.4. The fourth-order valence-electron chi connectivity index (χ4n) is 3.02. The van der Waals surface area contributed by atoms with Crippen molar-refractivity contribution in [3.05, 3.63) is 0 Å². The van der Waals surface area contributed by atoms with E-state index in [4.69, 9.17) is 0 Å². The maximum absolute atomic E-state index is 12.2. The molecule has 1 spiro atoms. The molecule has 1 aliphatic heterocycles. The first-order chi connectivity index (χ1) is 8.56. The van der Waals surface area contributed by atoms with E-state index < -0.39 is 5.54 Å². The summed E-state index contributed by atoms with van der Waals surface area (Å²) < 4.78 is 0. The molecule has 1 saturated heterocycles. The van der Waals surface area contributed by atoms with Gasteiger partial charge in [-0.2, -0.15) is 0 Å². The summed E-state index contributed by atoms with van der Waals surface area (Å²) in [6.07, 6.45) is 6.06. The lowest BCUT2D eigenvalue weighted by molar-refractivity contribution is -0.127. The van der Waals surface area contributed by atoms with Crippen LogP contribution in [0.2, 0.25) is 0 Å². The van der Waals surface area contributed by atoms with E-state index in [1.165, 1.54) is 12.8 Å². The molecule has 0 unspecified atom stereocenters. The predicted molar refractivity (Wildman–Crippen MR) is 69.2 cm³/mol. The lowest BCUT2D eigenvalue weighted by Gasteiger charge is -2.35. The van der Waals surface area contributed by atoms with E-state index in [2.05, 4.69) is 5.32 Å². The van der Waals surface area contributed by atoms with Crippen LogP contribution in [0.15, 0.2) is 0 Å². The smallest absolute Gasteiger partial charge is 0.308 e. The number of nitrogens with zero attached hydrogens (tertiary/aromatic N) is 2. The molecule has 2 fully saturated rings. The topological polar surface area (TPSA) is 52.6 Å². The number of imide groups is 1. The molecule has 0 radical (unpaired) electrons. The van der Waals surface area contributed by atoms with Crippen molar-refractivity contribution >= 4 is 11.9 Å². The molecule has 0 aromatic rings. The van der Waals surface area contributed by atoms with Crippen molar-refractivity contribution in [1.29, 1.82) is 0 Å². The Balaban J connectivity index is 2.17. The zero-order valence-corrected chi connectivity index (χ0v) is 11.4. The predicted octanol–water partition coefficient (Wildman–Crippen LogP) is 1.19. The number of likely N-dealkylation sites (N-methyl/N-ethyl adjacent to an activating group) is 1. The minimum Gasteiger partial charge on any atom is -0.308 e. The van der Waals surface area contributed by atoms with E-state index in [0.29, 0.717) is 6.54 Å². The highest BCUT2D eigenvalue weighted by Crippen LogP contribution is 2.35. The summed E-state index contributed by atoms with van der Waals surface area (Å²) in [7, 11) is 3.96. The van der Waals surface area contributed by atoms with E-state index in [1.807, 2.05) is 19.0 Å². The van der Waals surface area contributed by atoms with Gasteiger partial charge in [0.15, 0.2) is 0 Å². The number of nitrogens with one attached hydrogen (secondary N) is 1. The second-order valence-corrected chi connectivity index (χ2v) is 5.66. The van der Waals surface area contributed by atoms with Gasteiger partial charge in [-0.3, -0.25) is 10.1 Å². The quantitative estimate of drug-likeness (QED) is 0.769. The fraction of sp³-hybridized carbons (Fsp3) is 0.846. The highest BCUT2D eigenvalue weighted by molar-refractivity contribution is 6.07. The minimum atomic E-state index is -0.552. The average molecular weight is 253 g/mol. The van der Waals surface area contributed by atoms with Crippen LogP contribution in [0.5, 0.6) is 0 Å². The van der Waals surface area contributed by atoms with E-state index in [1.54, 1.807) is 4.90 Å². The Bertz CT molecular complexity index is 333. The summed E-state index contributed by atoms with van der Waals surface area (Å²) in [6.45, 7) is 1.42. The molecule has 0 bridgehead atoms. The van der Waals surface area contributed by atoms with Gasteiger partial charge in [0.2, 0.25) is 0 Å². The van der Waals surface area contributed by atoms with Gasteiger partial charge in [-0.1, -0.05) is 25.7 Å². The lowest BCUT2D eigenvalue weighted by Crippen LogP contribution is -2.51. The number of amides is 3. The molecule has 3 amide bonds. The Morgan fingerprint density at radius 2 is 1.78 bits per heavy atom. The van der Waals surface area contributed by atoms with Crippen LogP contribution in [0.4, 0.5) is 4.79 Å². The molecular weight excluding hydrogens is 230 g/mol. The van der Waals surface area contributed by atoms with Gasteiger partial charge in [0.05, 0.1) is 0 Å². The van der Waals surface area contributed by atoms with Gasteiger partial charge in [0, 0.05) is 13.1 Å². The first kappa shape index (κ1) is 13.3. The molecule has 1 N–H and O–H groups in total. The molecule has 5 nitrogen and oxygen atoms in total. The maximum Gasteiger partial charge on any atom is 0.325 e. The van der Waals surface area contributed by atoms with Crippen molar-refractivity contribution in [2.45, 2.75) is 44.1 Å². The molecule has 18 heavy (non-hydrogen) atoms. The Kier molecular flexibility index (Phi) is 3.90. The summed E-state index contributed by atoms with van der Waals surface area (Å²) in [5.41, 5.74) is -0.552. The van der Waals surface area contributed by atoms with Gasteiger partial charge in [-0.15, -0.1) is 0 Å². The molecule has 5 heteroatoms. The van der Waals surface area contributed by atoms with Crippen molar-refractivity contribution in [3.63, 3.8) is 0 Å². The summed E-state index contributed by atoms with van der Waals surface area (Å²) in [4.78, 5) is 28.0. The molecule has 102 valence electrons. The minimum absolute atomic E-state index is 0.0758. The third kappa shape index (κ3) is 2.36. The van der Waals surface area contributed by atoms with Gasteiger partial charge in [-0.25, -0.2) is 4.79 Å². The van der Waals surface area contributed by atoms with Crippen LogP contribution in [0.25, 0.3) is 0 Å². The van der Waals surface area contributed by atoms with Crippen molar-refractivity contribution in [2.75, 3.05) is 27.2 Å². The first-order valence-electron chi connectivity index (χ1n) is 6.84. The van der Waals surface area contributed by atoms with E-state index >= 15 is 0 Å². The van der Waals surface area contributed by atoms with Crippen LogP contribution in [-0.4, -0.2) is 54.5 Å². The van der Waals surface area contributed by atoms with E-state index in [0.717, 1.165) is 32.2 Å². The summed E-state index contributed by atoms with van der Waals surface area (Å²) in [5.74, 6) is -0.0758. The summed E-state index contributed by atoms with van der Waals surface area (Å²) in [5, 5.41) is 2.51. The van der Waals surface area contributed by atoms with Crippen molar-refractivity contribution in [1.82, 2.24) is 15.1 Å². The Labute approximate surface area is 108 Å². The molecule has 0 atom stereocenters. The van der Waals surface area contributed by atoms with Crippen molar-refractivity contribution in [2.24, 2.45) is 0 Å². The lowest BCUT2D eigenvalue weighted by atomic mass is 9.88. The normalized spacial score (nSPS) is 23.6. The SMILES string of the molecule is CN(C)CCN1C(=O)NC(=O)C12CCCCCC2. The molecule has 1 saturated carbocycles. The van der Waals surface area contributed by atoms with Crippen molar-refractivity contribution in [3.8, 4) is 0 Å². The Morgan fingerprint density at radius 3 is 2.33 bits per heavy atom. The van der Waals surface area contributed by atoms with Gasteiger partial charge in [0.25, 0.3) is 5.91 Å². The van der Waals surface area contributed by atoms with Crippen LogP contribution < -0.4 is 5.32 Å². The first-order valence-corrected chi connectivity index (χ1v) is 6.84. The zero-order chi connectivity index (χ0) is 13.2. The highest BCUT2D eigenvalue weighted by Gasteiger charge is 2.51. The molecule has 0 aromatic heterocycles. The monoisotopic (exact) mass is 253 g/mol. The van der Waals surface area contributed by atoms with Crippen LogP contribution in [-0.2, 0) is 4.79 Å². The molecule has 2 rings (SSSR count). The fourth-order valence-corrected chi connectivity index (χ4v) is 3.02. The molecule has 2 aliphatic rings. The van der Waals surface area contributed by atoms with Crippen LogP contribution >= 0.6 is 0 Å². The molecule has 1 heterocycles. The largest absolute Gasteiger partial charge is 0.325 e. The van der Waals surface area contributed by atoms with Crippen LogP contribution in [0.3, 0.4) is 0 Å². The maximum atomic E-state index is 12.2. The second kappa shape index (κ2) is 5.26. The van der Waals surface area contributed by atoms with Gasteiger partial charge in [0.1, 0.15) is 5.54 Å². The summed E-state index contributed by atoms with van der Waals surface area (Å²) in [6, 6.07) is -0.205. The number of urea groups is 1. The molecule has 1 aliphatic carbocycles. The number of carbonyl (C=O) groups excluding carboxylic acids is 2. The van der Waals surface area contributed by atoms with Crippen molar-refractivity contribution < 1.29 is 9.59 Å². The van der Waals surface area contributed by atoms with Crippen LogP contribution in [0, 0.1) is 0 Å². The standard InChI is InChI=1S/C13H23N3O2/c1-15(2)9-10-16-12(18)14-11(17)13(16)7-5-3-4-6-8-13/h3-10H2,1-2H3,(H,14,17,18). The van der Waals surface area contributed by atoms with E-state index in [-0.39, 0.29) is 11.9 Å². The van der Waals surface area contributed by atoms with Gasteiger partial charge >= 0.3 is 6.03 Å². The third-order valence-electron chi connectivity index (χ3n) is 4.11. The molecule has 0 aromatic carbocycles. The number of hydrogen-bond donors (Lipinski definition) is 1. The third-order valence-corrected chi connectivity index (χ3v) is 4.11. The molecular formula is C13H23N3O2. The van der Waals surface area contributed by atoms with Crippen LogP contribution in [0.1, 0.15) is 38.5 Å². The average Bonchev–Trinajstić information content (AvgIpc) is 2.49. The van der Waals surface area contributed by atoms with E-state index in [9.17, 15) is 9.59 Å². The number of carbonyl (C=O) groups is 2. The number of rotatable bonds is 3. The summed E-state index contributed by atoms with van der Waals surface area (Å²) >= 11 is 0. The highest BCUT2D eigenvalue weighted by atomic mass is 16.2. The van der Waals surface area contributed by atoms with Gasteiger partial charge in [-0.05, 0) is 26.9 Å².